The highest BCUT2D eigenvalue weighted by Crippen LogP contribution is 2.39. The Morgan fingerprint density at radius 3 is 2.50 bits per heavy atom. The van der Waals surface area contributed by atoms with Gasteiger partial charge in [0.15, 0.2) is 0 Å². The van der Waals surface area contributed by atoms with Gasteiger partial charge in [0.05, 0.1) is 5.59 Å². The first-order valence-corrected chi connectivity index (χ1v) is 4.09. The van der Waals surface area contributed by atoms with Crippen molar-refractivity contribution in [3.05, 3.63) is 23.9 Å². The molecule has 1 aliphatic carbocycles. The van der Waals surface area contributed by atoms with Crippen LogP contribution in [0.15, 0.2) is 18.3 Å². The summed E-state index contributed by atoms with van der Waals surface area (Å²) in [6.45, 7) is 0. The van der Waals surface area contributed by atoms with Crippen LogP contribution in [0.2, 0.25) is 0 Å². The lowest BCUT2D eigenvalue weighted by atomic mass is 9.85. The zero-order chi connectivity index (χ0) is 8.55. The number of hydrogen-bond donors (Lipinski definition) is 2. The van der Waals surface area contributed by atoms with Gasteiger partial charge in [0.1, 0.15) is 0 Å². The van der Waals surface area contributed by atoms with E-state index in [0.29, 0.717) is 11.5 Å². The molecule has 0 atom stereocenters. The molecule has 3 nitrogen and oxygen atoms in total. The number of hydrogen-bond acceptors (Lipinski definition) is 3. The first kappa shape index (κ1) is 7.77. The average molecular weight is 163 g/mol. The van der Waals surface area contributed by atoms with Gasteiger partial charge in [-0.25, -0.2) is 0 Å². The van der Waals surface area contributed by atoms with Crippen LogP contribution in [0.4, 0.5) is 0 Å². The van der Waals surface area contributed by atoms with E-state index in [9.17, 15) is 0 Å². The Balaban J connectivity index is 2.18. The van der Waals surface area contributed by atoms with E-state index in [1.54, 1.807) is 12.3 Å². The topological polar surface area (TPSA) is 53.4 Å². The smallest absolute Gasteiger partial charge is 0.422 e. The van der Waals surface area contributed by atoms with Gasteiger partial charge in [0.2, 0.25) is 0 Å². The van der Waals surface area contributed by atoms with Crippen molar-refractivity contribution in [2.75, 3.05) is 0 Å². The second-order valence-electron chi connectivity index (χ2n) is 3.16. The fraction of sp³-hybridized carbons (Fsp3) is 0.375. The van der Waals surface area contributed by atoms with Gasteiger partial charge in [0, 0.05) is 6.20 Å². The van der Waals surface area contributed by atoms with Crippen LogP contribution >= 0.6 is 0 Å². The lowest BCUT2D eigenvalue weighted by Crippen LogP contribution is -2.32. The van der Waals surface area contributed by atoms with Gasteiger partial charge in [-0.05, 0) is 30.4 Å². The molecule has 1 aromatic rings. The highest BCUT2D eigenvalue weighted by atomic mass is 16.4. The number of aromatic nitrogens is 1. The van der Waals surface area contributed by atoms with E-state index in [1.165, 1.54) is 18.4 Å². The molecule has 0 radical (unpaired) electrons. The van der Waals surface area contributed by atoms with Crippen molar-refractivity contribution in [2.24, 2.45) is 0 Å². The predicted molar refractivity (Wildman–Crippen MR) is 46.0 cm³/mol. The van der Waals surface area contributed by atoms with E-state index in [2.05, 4.69) is 4.98 Å². The second-order valence-corrected chi connectivity index (χ2v) is 3.16. The molecule has 0 unspecified atom stereocenters. The Morgan fingerprint density at radius 1 is 1.33 bits per heavy atom. The standard InChI is InChI=1S/C8H10BNO2/c11-9(12)8-4-3-7(5-10-8)6-1-2-6/h3-6,11-12H,1-2H2. The minimum atomic E-state index is -1.45. The van der Waals surface area contributed by atoms with Gasteiger partial charge in [-0.3, -0.25) is 4.98 Å². The van der Waals surface area contributed by atoms with Crippen molar-refractivity contribution in [1.82, 2.24) is 4.98 Å². The van der Waals surface area contributed by atoms with Crippen LogP contribution in [0, 0.1) is 0 Å². The molecule has 0 aromatic carbocycles. The van der Waals surface area contributed by atoms with Gasteiger partial charge < -0.3 is 10.0 Å². The van der Waals surface area contributed by atoms with E-state index >= 15 is 0 Å². The van der Waals surface area contributed by atoms with Crippen molar-refractivity contribution in [3.63, 3.8) is 0 Å². The minimum absolute atomic E-state index is 0.319. The summed E-state index contributed by atoms with van der Waals surface area (Å²) in [6, 6.07) is 3.58. The molecular weight excluding hydrogens is 153 g/mol. The first-order chi connectivity index (χ1) is 5.77. The average Bonchev–Trinajstić information content (AvgIpc) is 2.87. The maximum Gasteiger partial charge on any atom is 0.508 e. The summed E-state index contributed by atoms with van der Waals surface area (Å²) in [7, 11) is -1.45. The molecule has 2 rings (SSSR count). The molecule has 1 aromatic heterocycles. The Morgan fingerprint density at radius 2 is 2.08 bits per heavy atom. The summed E-state index contributed by atoms with van der Waals surface area (Å²) in [4.78, 5) is 3.94. The third-order valence-electron chi connectivity index (χ3n) is 2.12. The molecule has 12 heavy (non-hydrogen) atoms. The van der Waals surface area contributed by atoms with Crippen LogP contribution in [0.3, 0.4) is 0 Å². The summed E-state index contributed by atoms with van der Waals surface area (Å²) in [5, 5.41) is 17.5. The maximum atomic E-state index is 8.76. The summed E-state index contributed by atoms with van der Waals surface area (Å²) in [6.07, 6.45) is 4.21. The molecule has 1 aliphatic rings. The summed E-state index contributed by atoms with van der Waals surface area (Å²) in [5.41, 5.74) is 1.53. The molecule has 4 heteroatoms. The van der Waals surface area contributed by atoms with E-state index in [1.807, 2.05) is 6.07 Å². The summed E-state index contributed by atoms with van der Waals surface area (Å²) < 4.78 is 0. The molecule has 1 heterocycles. The van der Waals surface area contributed by atoms with Gasteiger partial charge in [-0.2, -0.15) is 0 Å². The van der Waals surface area contributed by atoms with E-state index < -0.39 is 7.12 Å². The van der Waals surface area contributed by atoms with Crippen LogP contribution in [0.5, 0.6) is 0 Å². The third kappa shape index (κ3) is 1.49. The predicted octanol–water partition coefficient (Wildman–Crippen LogP) is -0.361. The van der Waals surface area contributed by atoms with Crippen LogP contribution in [-0.4, -0.2) is 22.2 Å². The second kappa shape index (κ2) is 2.88. The fourth-order valence-corrected chi connectivity index (χ4v) is 1.23. The molecule has 62 valence electrons. The van der Waals surface area contributed by atoms with E-state index in [-0.39, 0.29) is 0 Å². The Hall–Kier alpha value is -0.865. The molecule has 0 aliphatic heterocycles. The molecule has 0 spiro atoms. The zero-order valence-corrected chi connectivity index (χ0v) is 6.64. The molecule has 1 saturated carbocycles. The highest BCUT2D eigenvalue weighted by molar-refractivity contribution is 6.57. The number of nitrogens with zero attached hydrogens (tertiary/aromatic N) is 1. The molecule has 0 amide bonds. The number of pyridine rings is 1. The van der Waals surface area contributed by atoms with Crippen LogP contribution in [0.1, 0.15) is 24.3 Å². The largest absolute Gasteiger partial charge is 0.508 e. The van der Waals surface area contributed by atoms with Crippen molar-refractivity contribution >= 4 is 12.7 Å². The molecule has 0 saturated heterocycles. The molecule has 1 fully saturated rings. The number of rotatable bonds is 2. The summed E-state index contributed by atoms with van der Waals surface area (Å²) >= 11 is 0. The van der Waals surface area contributed by atoms with Crippen molar-refractivity contribution < 1.29 is 10.0 Å². The van der Waals surface area contributed by atoms with Crippen LogP contribution in [-0.2, 0) is 0 Å². The molecule has 0 bridgehead atoms. The van der Waals surface area contributed by atoms with Crippen molar-refractivity contribution in [2.45, 2.75) is 18.8 Å². The maximum absolute atomic E-state index is 8.76. The van der Waals surface area contributed by atoms with Crippen LogP contribution in [0.25, 0.3) is 0 Å². The highest BCUT2D eigenvalue weighted by Gasteiger charge is 2.24. The molecular formula is C8H10BNO2. The van der Waals surface area contributed by atoms with Crippen molar-refractivity contribution in [3.8, 4) is 0 Å². The van der Waals surface area contributed by atoms with E-state index in [0.717, 1.165) is 0 Å². The van der Waals surface area contributed by atoms with Gasteiger partial charge in [-0.1, -0.05) is 6.07 Å². The van der Waals surface area contributed by atoms with Gasteiger partial charge >= 0.3 is 7.12 Å². The Kier molecular flexibility index (Phi) is 1.86. The quantitative estimate of drug-likeness (QED) is 0.585. The van der Waals surface area contributed by atoms with Crippen LogP contribution < -0.4 is 5.59 Å². The third-order valence-corrected chi connectivity index (χ3v) is 2.12. The normalized spacial score (nSPS) is 16.2. The minimum Gasteiger partial charge on any atom is -0.422 e. The SMILES string of the molecule is OB(O)c1ccc(C2CC2)cn1. The Labute approximate surface area is 71.2 Å². The first-order valence-electron chi connectivity index (χ1n) is 4.09. The van der Waals surface area contributed by atoms with Gasteiger partial charge in [-0.15, -0.1) is 0 Å². The zero-order valence-electron chi connectivity index (χ0n) is 6.64. The fourth-order valence-electron chi connectivity index (χ4n) is 1.23. The van der Waals surface area contributed by atoms with E-state index in [4.69, 9.17) is 10.0 Å². The Bertz CT molecular complexity index is 248. The lowest BCUT2D eigenvalue weighted by Gasteiger charge is -1.99. The lowest BCUT2D eigenvalue weighted by molar-refractivity contribution is 0.424. The monoisotopic (exact) mass is 163 g/mol. The van der Waals surface area contributed by atoms with Crippen molar-refractivity contribution in [1.29, 1.82) is 0 Å². The molecule has 2 N–H and O–H groups in total. The van der Waals surface area contributed by atoms with Gasteiger partial charge in [0.25, 0.3) is 0 Å². The summed E-state index contributed by atoms with van der Waals surface area (Å²) in [5.74, 6) is 0.669.